The Morgan fingerprint density at radius 1 is 0.875 bits per heavy atom. The minimum atomic E-state index is 0.342. The number of nitrogens with zero attached hydrogens (tertiary/aromatic N) is 2. The van der Waals surface area contributed by atoms with Crippen molar-refractivity contribution in [1.82, 2.24) is 4.98 Å². The smallest absolute Gasteiger partial charge is 0.200 e. The maximum absolute atomic E-state index is 8.72. The van der Waals surface area contributed by atoms with Crippen molar-refractivity contribution < 1.29 is 5.11 Å². The van der Waals surface area contributed by atoms with E-state index in [1.165, 1.54) is 56.1 Å². The second-order valence-corrected chi connectivity index (χ2v) is 7.43. The number of rotatable bonds is 13. The van der Waals surface area contributed by atoms with Crippen molar-refractivity contribution in [2.24, 2.45) is 5.84 Å². The minimum absolute atomic E-state index is 0.342. The predicted molar refractivity (Wildman–Crippen MR) is 104 cm³/mol. The van der Waals surface area contributed by atoms with Crippen LogP contribution in [0.5, 0.6) is 0 Å². The molecule has 0 radical (unpaired) electrons. The number of para-hydroxylation sites is 1. The molecule has 4 nitrogen and oxygen atoms in total. The van der Waals surface area contributed by atoms with E-state index in [0.717, 1.165) is 30.0 Å². The van der Waals surface area contributed by atoms with Crippen LogP contribution in [0.25, 0.3) is 10.2 Å². The predicted octanol–water partition coefficient (Wildman–Crippen LogP) is 4.87. The molecule has 2 aromatic rings. The molecule has 1 aromatic carbocycles. The molecule has 134 valence electrons. The summed E-state index contributed by atoms with van der Waals surface area (Å²) >= 11 is 1.66. The molecular formula is C19H31N3OS. The zero-order valence-corrected chi connectivity index (χ0v) is 15.4. The second-order valence-electron chi connectivity index (χ2n) is 6.42. The molecule has 0 amide bonds. The number of thiazole rings is 1. The van der Waals surface area contributed by atoms with E-state index in [9.17, 15) is 0 Å². The summed E-state index contributed by atoms with van der Waals surface area (Å²) in [6.07, 6.45) is 12.4. The van der Waals surface area contributed by atoms with E-state index in [-0.39, 0.29) is 0 Å². The lowest BCUT2D eigenvalue weighted by Gasteiger charge is -2.14. The van der Waals surface area contributed by atoms with Crippen LogP contribution in [0.4, 0.5) is 5.13 Å². The summed E-state index contributed by atoms with van der Waals surface area (Å²) in [4.78, 5) is 4.59. The monoisotopic (exact) mass is 349 g/mol. The number of aliphatic hydroxyl groups excluding tert-OH is 1. The van der Waals surface area contributed by atoms with Crippen molar-refractivity contribution in [3.63, 3.8) is 0 Å². The van der Waals surface area contributed by atoms with Crippen LogP contribution >= 0.6 is 11.3 Å². The molecule has 24 heavy (non-hydrogen) atoms. The van der Waals surface area contributed by atoms with E-state index < -0.39 is 0 Å². The summed E-state index contributed by atoms with van der Waals surface area (Å²) in [6, 6.07) is 8.18. The standard InChI is InChI=1S/C19H31N3OS/c20-22(19-21-17-13-9-10-14-18(17)24-19)15-11-7-5-3-1-2-4-6-8-12-16-23/h9-10,13-14,23H,1-8,11-12,15-16,20H2. The highest BCUT2D eigenvalue weighted by Gasteiger charge is 2.08. The molecule has 1 aromatic heterocycles. The summed E-state index contributed by atoms with van der Waals surface area (Å²) in [5, 5.41) is 11.4. The van der Waals surface area contributed by atoms with Crippen molar-refractivity contribution >= 4 is 26.7 Å². The van der Waals surface area contributed by atoms with Gasteiger partial charge in [-0.1, -0.05) is 74.8 Å². The zero-order valence-electron chi connectivity index (χ0n) is 14.6. The van der Waals surface area contributed by atoms with Gasteiger partial charge in [-0.25, -0.2) is 10.8 Å². The number of aliphatic hydroxyl groups is 1. The lowest BCUT2D eigenvalue weighted by molar-refractivity contribution is 0.282. The number of hydrogen-bond donors (Lipinski definition) is 2. The van der Waals surface area contributed by atoms with E-state index in [0.29, 0.717) is 6.61 Å². The Morgan fingerprint density at radius 3 is 2.08 bits per heavy atom. The van der Waals surface area contributed by atoms with Crippen molar-refractivity contribution in [1.29, 1.82) is 0 Å². The number of fused-ring (bicyclic) bond motifs is 1. The molecular weight excluding hydrogens is 318 g/mol. The quantitative estimate of drug-likeness (QED) is 0.308. The van der Waals surface area contributed by atoms with E-state index in [1.807, 2.05) is 18.2 Å². The Balaban J connectivity index is 1.50. The SMILES string of the molecule is NN(CCCCCCCCCCCCO)c1nc2ccccc2s1. The van der Waals surface area contributed by atoms with Crippen molar-refractivity contribution in [2.45, 2.75) is 64.2 Å². The number of nitrogens with two attached hydrogens (primary N) is 1. The van der Waals surface area contributed by atoms with Crippen LogP contribution in [0.2, 0.25) is 0 Å². The molecule has 0 saturated heterocycles. The molecule has 0 aliphatic rings. The Kier molecular flexibility index (Phi) is 9.10. The fraction of sp³-hybridized carbons (Fsp3) is 0.632. The average molecular weight is 350 g/mol. The van der Waals surface area contributed by atoms with E-state index >= 15 is 0 Å². The molecule has 3 N–H and O–H groups in total. The highest BCUT2D eigenvalue weighted by molar-refractivity contribution is 7.22. The summed E-state index contributed by atoms with van der Waals surface area (Å²) in [5.41, 5.74) is 1.03. The van der Waals surface area contributed by atoms with Gasteiger partial charge < -0.3 is 5.11 Å². The molecule has 1 heterocycles. The van der Waals surface area contributed by atoms with Gasteiger partial charge in [0.1, 0.15) is 0 Å². The lowest BCUT2D eigenvalue weighted by atomic mass is 10.1. The highest BCUT2D eigenvalue weighted by atomic mass is 32.1. The average Bonchev–Trinajstić information content (AvgIpc) is 3.04. The van der Waals surface area contributed by atoms with E-state index in [2.05, 4.69) is 11.1 Å². The van der Waals surface area contributed by atoms with Crippen LogP contribution in [0.3, 0.4) is 0 Å². The number of anilines is 1. The van der Waals surface area contributed by atoms with E-state index in [1.54, 1.807) is 16.3 Å². The molecule has 5 heteroatoms. The number of hydrogen-bond acceptors (Lipinski definition) is 5. The number of unbranched alkanes of at least 4 members (excludes halogenated alkanes) is 9. The minimum Gasteiger partial charge on any atom is -0.396 e. The highest BCUT2D eigenvalue weighted by Crippen LogP contribution is 2.27. The van der Waals surface area contributed by atoms with Crippen molar-refractivity contribution in [3.8, 4) is 0 Å². The first-order valence-corrected chi connectivity index (χ1v) is 10.1. The van der Waals surface area contributed by atoms with Gasteiger partial charge in [0.05, 0.1) is 10.2 Å². The largest absolute Gasteiger partial charge is 0.396 e. The first-order valence-electron chi connectivity index (χ1n) is 9.30. The fourth-order valence-corrected chi connectivity index (χ4v) is 3.80. The Labute approximate surface area is 149 Å². The van der Waals surface area contributed by atoms with Crippen LogP contribution in [-0.4, -0.2) is 23.2 Å². The summed E-state index contributed by atoms with van der Waals surface area (Å²) in [5.74, 6) is 6.14. The molecule has 0 unspecified atom stereocenters. The summed E-state index contributed by atoms with van der Waals surface area (Å²) < 4.78 is 1.20. The lowest BCUT2D eigenvalue weighted by Crippen LogP contribution is -2.31. The molecule has 0 aliphatic carbocycles. The zero-order chi connectivity index (χ0) is 17.0. The third kappa shape index (κ3) is 6.75. The van der Waals surface area contributed by atoms with Crippen LogP contribution in [0.1, 0.15) is 64.2 Å². The van der Waals surface area contributed by atoms with Crippen LogP contribution < -0.4 is 10.9 Å². The Bertz CT molecular complexity index is 539. The Hall–Kier alpha value is -1.17. The normalized spacial score (nSPS) is 11.2. The van der Waals surface area contributed by atoms with Gasteiger partial charge in [-0.15, -0.1) is 0 Å². The molecule has 0 bridgehead atoms. The molecule has 0 aliphatic heterocycles. The number of benzene rings is 1. The maximum atomic E-state index is 8.72. The molecule has 0 atom stereocenters. The maximum Gasteiger partial charge on any atom is 0.200 e. The van der Waals surface area contributed by atoms with Crippen molar-refractivity contribution in [2.75, 3.05) is 18.2 Å². The third-order valence-corrected chi connectivity index (χ3v) is 5.41. The number of hydrazine groups is 1. The van der Waals surface area contributed by atoms with Gasteiger partial charge in [0.15, 0.2) is 0 Å². The number of aromatic nitrogens is 1. The van der Waals surface area contributed by atoms with Gasteiger partial charge >= 0.3 is 0 Å². The fourth-order valence-electron chi connectivity index (χ4n) is 2.89. The van der Waals surface area contributed by atoms with Gasteiger partial charge in [-0.2, -0.15) is 0 Å². The molecule has 0 saturated carbocycles. The molecule has 0 spiro atoms. The Morgan fingerprint density at radius 2 is 1.46 bits per heavy atom. The van der Waals surface area contributed by atoms with Gasteiger partial charge in [0.2, 0.25) is 5.13 Å². The topological polar surface area (TPSA) is 62.4 Å². The van der Waals surface area contributed by atoms with Crippen LogP contribution in [0, 0.1) is 0 Å². The molecule has 0 fully saturated rings. The first kappa shape index (κ1) is 19.2. The third-order valence-electron chi connectivity index (χ3n) is 4.34. The van der Waals surface area contributed by atoms with Gasteiger partial charge in [0.25, 0.3) is 0 Å². The van der Waals surface area contributed by atoms with Crippen molar-refractivity contribution in [3.05, 3.63) is 24.3 Å². The second kappa shape index (κ2) is 11.4. The van der Waals surface area contributed by atoms with Gasteiger partial charge in [0, 0.05) is 13.2 Å². The van der Waals surface area contributed by atoms with Gasteiger partial charge in [-0.3, -0.25) is 5.01 Å². The van der Waals surface area contributed by atoms with E-state index in [4.69, 9.17) is 10.9 Å². The van der Waals surface area contributed by atoms with Gasteiger partial charge in [-0.05, 0) is 25.0 Å². The van der Waals surface area contributed by atoms with Crippen LogP contribution in [0.15, 0.2) is 24.3 Å². The van der Waals surface area contributed by atoms with Crippen LogP contribution in [-0.2, 0) is 0 Å². The first-order chi connectivity index (χ1) is 11.8. The summed E-state index contributed by atoms with van der Waals surface area (Å²) in [7, 11) is 0. The summed E-state index contributed by atoms with van der Waals surface area (Å²) in [6.45, 7) is 1.22. The molecule has 2 rings (SSSR count).